The molecule has 4 aromatic rings. The summed E-state index contributed by atoms with van der Waals surface area (Å²) in [5.41, 5.74) is 1.73. The molecule has 6 atom stereocenters. The van der Waals surface area contributed by atoms with Gasteiger partial charge in [0.2, 0.25) is 5.91 Å². The Morgan fingerprint density at radius 1 is 0.902 bits per heavy atom. The van der Waals surface area contributed by atoms with Gasteiger partial charge in [-0.15, -0.1) is 0 Å². The fraction of sp³-hybridized carbons (Fsp3) is 0.188. The minimum atomic E-state index is -1.63. The van der Waals surface area contributed by atoms with Crippen LogP contribution in [0.15, 0.2) is 103 Å². The number of halogens is 1. The van der Waals surface area contributed by atoms with Gasteiger partial charge in [0.15, 0.2) is 0 Å². The van der Waals surface area contributed by atoms with E-state index in [1.807, 2.05) is 83.8 Å². The monoisotopic (exact) mass is 657 g/mol. The molecule has 1 aromatic heterocycles. The Labute approximate surface area is 249 Å². The highest BCUT2D eigenvalue weighted by atomic mass is 127. The lowest BCUT2D eigenvalue weighted by Crippen LogP contribution is -2.52. The van der Waals surface area contributed by atoms with Gasteiger partial charge in [0.05, 0.1) is 12.1 Å². The van der Waals surface area contributed by atoms with Crippen LogP contribution in [0.5, 0.6) is 0 Å². The van der Waals surface area contributed by atoms with Crippen molar-refractivity contribution in [3.8, 4) is 0 Å². The molecule has 2 saturated heterocycles. The molecular weight excluding hydrogens is 633 g/mol. The van der Waals surface area contributed by atoms with Crippen molar-refractivity contribution >= 4 is 46.1 Å². The summed E-state index contributed by atoms with van der Waals surface area (Å²) in [6.07, 6.45) is 2.55. The standard InChI is InChI=1S/C32H24IN3O5/c33-21-13-14-23-22(16-21)32(31(40)35-23)24(29(37)38)26-30(39)41-27(19-10-5-2-6-11-19)25(18-8-3-1-4-9-18)36(26)28(32)20-12-7-15-34-17-20/h1-17,24-28H,(H,35,40)(H,37,38)/t24-,25-,26-,27+,28+,32-/m0/s1. The first-order valence-corrected chi connectivity index (χ1v) is 14.3. The first-order chi connectivity index (χ1) is 19.9. The SMILES string of the molecule is O=C1O[C@H](c2ccccc2)[C@H](c2ccccc2)N2[C@H]1[C@@H](C(=O)O)[C@]1(C(=O)Nc3ccc(I)cc31)[C@H]2c1cccnc1. The number of rotatable bonds is 4. The van der Waals surface area contributed by atoms with Crippen molar-refractivity contribution in [3.63, 3.8) is 0 Å². The van der Waals surface area contributed by atoms with E-state index in [2.05, 4.69) is 32.9 Å². The number of fused-ring (bicyclic) bond motifs is 3. The number of esters is 1. The maximum Gasteiger partial charge on any atom is 0.325 e. The molecule has 204 valence electrons. The van der Waals surface area contributed by atoms with E-state index in [-0.39, 0.29) is 0 Å². The molecule has 1 amide bonds. The summed E-state index contributed by atoms with van der Waals surface area (Å²) in [6, 6.07) is 25.5. The number of hydrogen-bond acceptors (Lipinski definition) is 6. The average Bonchev–Trinajstić information content (AvgIpc) is 3.47. The van der Waals surface area contributed by atoms with Gasteiger partial charge < -0.3 is 15.2 Å². The number of morpholine rings is 1. The van der Waals surface area contributed by atoms with Crippen molar-refractivity contribution in [1.29, 1.82) is 0 Å². The van der Waals surface area contributed by atoms with E-state index in [0.29, 0.717) is 16.8 Å². The Balaban J connectivity index is 1.57. The van der Waals surface area contributed by atoms with Crippen molar-refractivity contribution < 1.29 is 24.2 Å². The number of nitrogens with zero attached hydrogens (tertiary/aromatic N) is 2. The van der Waals surface area contributed by atoms with Gasteiger partial charge in [-0.1, -0.05) is 66.7 Å². The maximum absolute atomic E-state index is 14.3. The second kappa shape index (κ2) is 9.78. The van der Waals surface area contributed by atoms with E-state index in [1.54, 1.807) is 24.5 Å². The molecule has 0 bridgehead atoms. The minimum Gasteiger partial charge on any atom is -0.481 e. The lowest BCUT2D eigenvalue weighted by molar-refractivity contribution is -0.179. The Hall–Kier alpha value is -4.09. The summed E-state index contributed by atoms with van der Waals surface area (Å²) in [5.74, 6) is -3.80. The van der Waals surface area contributed by atoms with Gasteiger partial charge in [-0.25, -0.2) is 0 Å². The van der Waals surface area contributed by atoms with E-state index in [0.717, 1.165) is 14.7 Å². The molecule has 0 radical (unpaired) electrons. The van der Waals surface area contributed by atoms with Crippen LogP contribution in [0.4, 0.5) is 5.69 Å². The van der Waals surface area contributed by atoms with Crippen molar-refractivity contribution in [3.05, 3.63) is 129 Å². The largest absolute Gasteiger partial charge is 0.481 e. The number of cyclic esters (lactones) is 1. The average molecular weight is 657 g/mol. The molecule has 3 aliphatic rings. The van der Waals surface area contributed by atoms with Crippen LogP contribution in [0.1, 0.15) is 40.4 Å². The fourth-order valence-electron chi connectivity index (χ4n) is 7.08. The van der Waals surface area contributed by atoms with Gasteiger partial charge >= 0.3 is 11.9 Å². The summed E-state index contributed by atoms with van der Waals surface area (Å²) in [4.78, 5) is 48.0. The lowest BCUT2D eigenvalue weighted by Gasteiger charge is -2.46. The highest BCUT2D eigenvalue weighted by molar-refractivity contribution is 14.1. The van der Waals surface area contributed by atoms with E-state index in [9.17, 15) is 19.5 Å². The number of anilines is 1. The fourth-order valence-corrected chi connectivity index (χ4v) is 7.57. The third kappa shape index (κ3) is 3.75. The number of ether oxygens (including phenoxy) is 1. The number of aromatic nitrogens is 1. The van der Waals surface area contributed by atoms with Crippen LogP contribution in [0, 0.1) is 9.49 Å². The van der Waals surface area contributed by atoms with E-state index in [1.165, 1.54) is 0 Å². The molecular formula is C32H24IN3O5. The van der Waals surface area contributed by atoms with Gasteiger partial charge in [-0.2, -0.15) is 0 Å². The minimum absolute atomic E-state index is 0.457. The maximum atomic E-state index is 14.3. The zero-order valence-corrected chi connectivity index (χ0v) is 23.7. The Morgan fingerprint density at radius 3 is 2.24 bits per heavy atom. The molecule has 3 aromatic carbocycles. The predicted octanol–water partition coefficient (Wildman–Crippen LogP) is 5.04. The van der Waals surface area contributed by atoms with Crippen molar-refractivity contribution in [2.24, 2.45) is 5.92 Å². The molecule has 7 rings (SSSR count). The van der Waals surface area contributed by atoms with Gasteiger partial charge in [0.1, 0.15) is 23.5 Å². The molecule has 0 aliphatic carbocycles. The number of pyridine rings is 1. The molecule has 4 heterocycles. The quantitative estimate of drug-likeness (QED) is 0.234. The smallest absolute Gasteiger partial charge is 0.325 e. The number of carbonyl (C=O) groups is 3. The van der Waals surface area contributed by atoms with E-state index < -0.39 is 53.4 Å². The second-order valence-corrected chi connectivity index (χ2v) is 11.8. The topological polar surface area (TPSA) is 109 Å². The normalized spacial score (nSPS) is 28.6. The summed E-state index contributed by atoms with van der Waals surface area (Å²) >= 11 is 2.16. The van der Waals surface area contributed by atoms with Crippen LogP contribution in [0.25, 0.3) is 0 Å². The zero-order chi connectivity index (χ0) is 28.3. The van der Waals surface area contributed by atoms with Gasteiger partial charge in [0.25, 0.3) is 0 Å². The highest BCUT2D eigenvalue weighted by Crippen LogP contribution is 2.64. The Kier molecular flexibility index (Phi) is 6.16. The molecule has 1 spiro atoms. The third-order valence-corrected chi connectivity index (χ3v) is 9.21. The molecule has 3 aliphatic heterocycles. The first-order valence-electron chi connectivity index (χ1n) is 13.2. The third-order valence-electron chi connectivity index (χ3n) is 8.54. The van der Waals surface area contributed by atoms with Crippen LogP contribution in [0.3, 0.4) is 0 Å². The molecule has 41 heavy (non-hydrogen) atoms. The molecule has 9 heteroatoms. The van der Waals surface area contributed by atoms with Crippen molar-refractivity contribution in [1.82, 2.24) is 9.88 Å². The summed E-state index contributed by atoms with van der Waals surface area (Å²) in [7, 11) is 0. The van der Waals surface area contributed by atoms with E-state index in [4.69, 9.17) is 4.74 Å². The molecule has 0 saturated carbocycles. The number of amides is 1. The van der Waals surface area contributed by atoms with Crippen LogP contribution < -0.4 is 5.32 Å². The van der Waals surface area contributed by atoms with E-state index >= 15 is 0 Å². The Bertz CT molecular complexity index is 1670. The number of carbonyl (C=O) groups excluding carboxylic acids is 2. The second-order valence-electron chi connectivity index (χ2n) is 10.5. The van der Waals surface area contributed by atoms with Gasteiger partial charge in [-0.05, 0) is 69.1 Å². The predicted molar refractivity (Wildman–Crippen MR) is 158 cm³/mol. The molecule has 8 nitrogen and oxygen atoms in total. The summed E-state index contributed by atoms with van der Waals surface area (Å²) in [5, 5.41) is 13.8. The van der Waals surface area contributed by atoms with Crippen molar-refractivity contribution in [2.45, 2.75) is 29.6 Å². The molecule has 0 unspecified atom stereocenters. The number of nitrogens with one attached hydrogen (secondary N) is 1. The summed E-state index contributed by atoms with van der Waals surface area (Å²) in [6.45, 7) is 0. The van der Waals surface area contributed by atoms with Crippen LogP contribution in [0.2, 0.25) is 0 Å². The highest BCUT2D eigenvalue weighted by Gasteiger charge is 2.74. The Morgan fingerprint density at radius 2 is 1.59 bits per heavy atom. The number of aliphatic carboxylic acids is 1. The van der Waals surface area contributed by atoms with Gasteiger partial charge in [0, 0.05) is 21.7 Å². The van der Waals surface area contributed by atoms with Crippen LogP contribution in [-0.2, 0) is 24.5 Å². The summed E-state index contributed by atoms with van der Waals surface area (Å²) < 4.78 is 7.02. The van der Waals surface area contributed by atoms with Crippen LogP contribution in [-0.4, -0.2) is 38.9 Å². The zero-order valence-electron chi connectivity index (χ0n) is 21.6. The molecule has 2 fully saturated rings. The lowest BCUT2D eigenvalue weighted by atomic mass is 9.66. The van der Waals surface area contributed by atoms with Crippen LogP contribution >= 0.6 is 22.6 Å². The van der Waals surface area contributed by atoms with Crippen molar-refractivity contribution in [2.75, 3.05) is 5.32 Å². The number of hydrogen-bond donors (Lipinski definition) is 2. The number of carboxylic acid groups (broad SMARTS) is 1. The number of carboxylic acids is 1. The number of benzene rings is 3. The van der Waals surface area contributed by atoms with Gasteiger partial charge in [-0.3, -0.25) is 24.3 Å². The molecule has 2 N–H and O–H groups in total. The first kappa shape index (κ1) is 25.8.